The zero-order valence-corrected chi connectivity index (χ0v) is 20.6. The summed E-state index contributed by atoms with van der Waals surface area (Å²) in [6, 6.07) is 18.8. The summed E-state index contributed by atoms with van der Waals surface area (Å²) in [5.74, 6) is 0.840. The Morgan fingerprint density at radius 1 is 0.967 bits per heavy atom. The van der Waals surface area contributed by atoms with Gasteiger partial charge in [-0.2, -0.15) is 0 Å². The molecule has 1 heterocycles. The minimum atomic E-state index is 0. The number of halogens is 1. The second-order valence-corrected chi connectivity index (χ2v) is 7.92. The first-order valence-corrected chi connectivity index (χ1v) is 10.8. The molecule has 1 fully saturated rings. The first kappa shape index (κ1) is 24.6. The van der Waals surface area contributed by atoms with Gasteiger partial charge in [-0.25, -0.2) is 4.99 Å². The molecule has 0 saturated carbocycles. The van der Waals surface area contributed by atoms with Crippen LogP contribution in [0, 0.1) is 6.92 Å². The normalized spacial score (nSPS) is 15.9. The molecule has 30 heavy (non-hydrogen) atoms. The van der Waals surface area contributed by atoms with E-state index in [-0.39, 0.29) is 24.0 Å². The third-order valence-corrected chi connectivity index (χ3v) is 5.33. The fraction of sp³-hybridized carbons (Fsp3) is 0.458. The van der Waals surface area contributed by atoms with Gasteiger partial charge in [0.05, 0.1) is 6.54 Å². The molecule has 6 heteroatoms. The van der Waals surface area contributed by atoms with Gasteiger partial charge in [-0.1, -0.05) is 48.0 Å². The summed E-state index contributed by atoms with van der Waals surface area (Å²) in [5.41, 5.74) is 3.55. The molecule has 0 unspecified atom stereocenters. The molecule has 164 valence electrons. The third-order valence-electron chi connectivity index (χ3n) is 5.33. The summed E-state index contributed by atoms with van der Waals surface area (Å²) in [6.07, 6.45) is 2.38. The number of aryl methyl sites for hydroxylation is 1. The molecule has 1 saturated heterocycles. The number of rotatable bonds is 7. The van der Waals surface area contributed by atoms with Crippen molar-refractivity contribution in [3.8, 4) is 0 Å². The molecule has 2 N–H and O–H groups in total. The fourth-order valence-electron chi connectivity index (χ4n) is 3.49. The standard InChI is InChI=1S/C24H35N5.HI/c1-21-10-12-22(13-11-21)20-26-24(27-23-8-4-3-5-9-23)25-14-6-16-29-17-7-15-28(2)18-19-29;/h3-5,8-13H,6-7,14-20H2,1-2H3,(H2,25,26,27);1H. The van der Waals surface area contributed by atoms with E-state index in [2.05, 4.69) is 70.8 Å². The van der Waals surface area contributed by atoms with E-state index in [0.717, 1.165) is 31.2 Å². The Morgan fingerprint density at radius 3 is 2.50 bits per heavy atom. The Bertz CT molecular complexity index is 748. The van der Waals surface area contributed by atoms with Crippen LogP contribution in [-0.4, -0.2) is 62.1 Å². The highest BCUT2D eigenvalue weighted by Gasteiger charge is 2.11. The molecule has 2 aromatic carbocycles. The Hall–Kier alpha value is -1.64. The van der Waals surface area contributed by atoms with Crippen LogP contribution in [-0.2, 0) is 6.54 Å². The summed E-state index contributed by atoms with van der Waals surface area (Å²) in [7, 11) is 2.22. The number of anilines is 1. The molecular formula is C24H36IN5. The number of nitrogens with one attached hydrogen (secondary N) is 2. The van der Waals surface area contributed by atoms with E-state index in [0.29, 0.717) is 6.54 Å². The Morgan fingerprint density at radius 2 is 1.73 bits per heavy atom. The molecule has 0 spiro atoms. The summed E-state index contributed by atoms with van der Waals surface area (Å²) in [5, 5.41) is 6.95. The topological polar surface area (TPSA) is 42.9 Å². The quantitative estimate of drug-likeness (QED) is 0.248. The molecular weight excluding hydrogens is 485 g/mol. The highest BCUT2D eigenvalue weighted by molar-refractivity contribution is 14.0. The second-order valence-electron chi connectivity index (χ2n) is 7.92. The maximum absolute atomic E-state index is 4.80. The number of nitrogens with zero attached hydrogens (tertiary/aromatic N) is 3. The maximum Gasteiger partial charge on any atom is 0.196 e. The van der Waals surface area contributed by atoms with Gasteiger partial charge < -0.3 is 20.4 Å². The first-order chi connectivity index (χ1) is 14.2. The Labute approximate surface area is 199 Å². The van der Waals surface area contributed by atoms with Crippen LogP contribution in [0.2, 0.25) is 0 Å². The monoisotopic (exact) mass is 521 g/mol. The number of likely N-dealkylation sites (N-methyl/N-ethyl adjacent to an activating group) is 1. The van der Waals surface area contributed by atoms with Crippen molar-refractivity contribution in [1.29, 1.82) is 0 Å². The van der Waals surface area contributed by atoms with Crippen LogP contribution in [0.3, 0.4) is 0 Å². The average molecular weight is 521 g/mol. The van der Waals surface area contributed by atoms with Gasteiger partial charge in [0.25, 0.3) is 0 Å². The van der Waals surface area contributed by atoms with E-state index >= 15 is 0 Å². The first-order valence-electron chi connectivity index (χ1n) is 10.8. The highest BCUT2D eigenvalue weighted by Crippen LogP contribution is 2.07. The van der Waals surface area contributed by atoms with Crippen molar-refractivity contribution < 1.29 is 0 Å². The molecule has 5 nitrogen and oxygen atoms in total. The number of aliphatic imine (C=N–C) groups is 1. The second kappa shape index (κ2) is 13.6. The van der Waals surface area contributed by atoms with Crippen LogP contribution in [0.1, 0.15) is 24.0 Å². The SMILES string of the molecule is Cc1ccc(CN=C(NCCCN2CCCN(C)CC2)Nc2ccccc2)cc1.I. The third kappa shape index (κ3) is 9.02. The lowest BCUT2D eigenvalue weighted by Gasteiger charge is -2.20. The molecule has 0 aliphatic carbocycles. The van der Waals surface area contributed by atoms with Gasteiger partial charge in [0.15, 0.2) is 5.96 Å². The van der Waals surface area contributed by atoms with Crippen molar-refractivity contribution in [2.75, 3.05) is 51.6 Å². The molecule has 2 aromatic rings. The van der Waals surface area contributed by atoms with E-state index in [4.69, 9.17) is 4.99 Å². The number of para-hydroxylation sites is 1. The van der Waals surface area contributed by atoms with Gasteiger partial charge in [0, 0.05) is 25.3 Å². The summed E-state index contributed by atoms with van der Waals surface area (Å²) in [4.78, 5) is 9.81. The van der Waals surface area contributed by atoms with Gasteiger partial charge in [-0.15, -0.1) is 24.0 Å². The Balaban J connectivity index is 0.00000320. The van der Waals surface area contributed by atoms with E-state index in [1.807, 2.05) is 18.2 Å². The predicted octanol–water partition coefficient (Wildman–Crippen LogP) is 4.20. The van der Waals surface area contributed by atoms with Crippen molar-refractivity contribution in [2.45, 2.75) is 26.3 Å². The van der Waals surface area contributed by atoms with Gasteiger partial charge >= 0.3 is 0 Å². The lowest BCUT2D eigenvalue weighted by atomic mass is 10.1. The number of hydrogen-bond acceptors (Lipinski definition) is 3. The minimum absolute atomic E-state index is 0. The van der Waals surface area contributed by atoms with E-state index in [1.165, 1.54) is 43.7 Å². The minimum Gasteiger partial charge on any atom is -0.356 e. The van der Waals surface area contributed by atoms with Crippen molar-refractivity contribution in [1.82, 2.24) is 15.1 Å². The van der Waals surface area contributed by atoms with Crippen LogP contribution in [0.15, 0.2) is 59.6 Å². The van der Waals surface area contributed by atoms with Crippen LogP contribution >= 0.6 is 24.0 Å². The molecule has 0 radical (unpaired) electrons. The Kier molecular flexibility index (Phi) is 11.2. The van der Waals surface area contributed by atoms with Crippen LogP contribution in [0.5, 0.6) is 0 Å². The molecule has 0 bridgehead atoms. The number of hydrogen-bond donors (Lipinski definition) is 2. The van der Waals surface area contributed by atoms with Crippen LogP contribution in [0.4, 0.5) is 5.69 Å². The summed E-state index contributed by atoms with van der Waals surface area (Å²) in [6.45, 7) is 9.60. The summed E-state index contributed by atoms with van der Waals surface area (Å²) >= 11 is 0. The molecule has 0 atom stereocenters. The van der Waals surface area contributed by atoms with Gasteiger partial charge in [-0.3, -0.25) is 0 Å². The molecule has 0 amide bonds. The molecule has 3 rings (SSSR count). The maximum atomic E-state index is 4.80. The van der Waals surface area contributed by atoms with Crippen molar-refractivity contribution in [3.63, 3.8) is 0 Å². The van der Waals surface area contributed by atoms with Gasteiger partial charge in [0.2, 0.25) is 0 Å². The molecule has 1 aliphatic heterocycles. The van der Waals surface area contributed by atoms with Crippen molar-refractivity contribution in [3.05, 3.63) is 65.7 Å². The largest absolute Gasteiger partial charge is 0.356 e. The van der Waals surface area contributed by atoms with E-state index in [9.17, 15) is 0 Å². The lowest BCUT2D eigenvalue weighted by Crippen LogP contribution is -2.35. The van der Waals surface area contributed by atoms with E-state index < -0.39 is 0 Å². The van der Waals surface area contributed by atoms with Gasteiger partial charge in [-0.05, 0) is 64.1 Å². The summed E-state index contributed by atoms with van der Waals surface area (Å²) < 4.78 is 0. The zero-order valence-electron chi connectivity index (χ0n) is 18.3. The number of guanidine groups is 1. The van der Waals surface area contributed by atoms with E-state index in [1.54, 1.807) is 0 Å². The molecule has 0 aromatic heterocycles. The zero-order chi connectivity index (χ0) is 20.3. The van der Waals surface area contributed by atoms with Crippen LogP contribution in [0.25, 0.3) is 0 Å². The lowest BCUT2D eigenvalue weighted by molar-refractivity contribution is 0.274. The number of benzene rings is 2. The van der Waals surface area contributed by atoms with Crippen LogP contribution < -0.4 is 10.6 Å². The molecule has 1 aliphatic rings. The van der Waals surface area contributed by atoms with Gasteiger partial charge in [0.1, 0.15) is 0 Å². The predicted molar refractivity (Wildman–Crippen MR) is 139 cm³/mol. The average Bonchev–Trinajstić information content (AvgIpc) is 2.95. The highest BCUT2D eigenvalue weighted by atomic mass is 127. The van der Waals surface area contributed by atoms with Crippen molar-refractivity contribution in [2.24, 2.45) is 4.99 Å². The smallest absolute Gasteiger partial charge is 0.196 e. The fourth-order valence-corrected chi connectivity index (χ4v) is 3.49. The van der Waals surface area contributed by atoms with Crippen molar-refractivity contribution >= 4 is 35.6 Å².